The zero-order valence-corrected chi connectivity index (χ0v) is 30.9. The number of aryl methyl sites for hydroxylation is 3. The van der Waals surface area contributed by atoms with E-state index in [-0.39, 0.29) is 0 Å². The largest absolute Gasteiger partial charge is 0.205 e. The molecule has 0 saturated heterocycles. The Labute approximate surface area is 279 Å². The zero-order chi connectivity index (χ0) is 31.6. The Morgan fingerprint density at radius 1 is 0.318 bits per heavy atom. The SMILES string of the molecule is CCCCCCCCCCCCCCCCCCc1cc(CCCCCCCCCCCCCCCCCC)c[n+](CC)c1. The van der Waals surface area contributed by atoms with Gasteiger partial charge in [-0.05, 0) is 38.7 Å². The molecule has 1 aromatic rings. The van der Waals surface area contributed by atoms with E-state index < -0.39 is 0 Å². The molecule has 0 fully saturated rings. The van der Waals surface area contributed by atoms with E-state index in [1.54, 1.807) is 11.1 Å². The molecule has 0 aliphatic heterocycles. The Hall–Kier alpha value is -0.850. The fourth-order valence-electron chi connectivity index (χ4n) is 6.99. The molecule has 1 rings (SSSR count). The molecule has 0 unspecified atom stereocenters. The van der Waals surface area contributed by atoms with E-state index in [4.69, 9.17) is 0 Å². The second-order valence-electron chi connectivity index (χ2n) is 14.5. The molecular formula is C43H82N+. The van der Waals surface area contributed by atoms with E-state index in [1.807, 2.05) is 0 Å². The van der Waals surface area contributed by atoms with Gasteiger partial charge in [-0.25, -0.2) is 4.57 Å². The van der Waals surface area contributed by atoms with E-state index in [1.165, 1.54) is 218 Å². The van der Waals surface area contributed by atoms with Crippen LogP contribution in [0.3, 0.4) is 0 Å². The van der Waals surface area contributed by atoms with Gasteiger partial charge in [-0.3, -0.25) is 0 Å². The summed E-state index contributed by atoms with van der Waals surface area (Å²) in [6.45, 7) is 8.00. The van der Waals surface area contributed by atoms with E-state index in [2.05, 4.69) is 43.8 Å². The van der Waals surface area contributed by atoms with E-state index >= 15 is 0 Å². The monoisotopic (exact) mass is 613 g/mol. The molecule has 1 heterocycles. The number of pyridine rings is 1. The number of unbranched alkanes of at least 4 members (excludes halogenated alkanes) is 30. The lowest BCUT2D eigenvalue weighted by Gasteiger charge is -2.06. The number of aromatic nitrogens is 1. The second kappa shape index (κ2) is 33.5. The van der Waals surface area contributed by atoms with Gasteiger partial charge in [0.25, 0.3) is 0 Å². The first-order valence-electron chi connectivity index (χ1n) is 20.8. The third-order valence-corrected chi connectivity index (χ3v) is 10.0. The molecule has 0 saturated carbocycles. The lowest BCUT2D eigenvalue weighted by molar-refractivity contribution is -0.694. The normalized spacial score (nSPS) is 11.5. The highest BCUT2D eigenvalue weighted by Crippen LogP contribution is 2.17. The van der Waals surface area contributed by atoms with Crippen molar-refractivity contribution in [1.82, 2.24) is 0 Å². The standard InChI is InChI=1S/C43H82N/c1-4-7-9-11-13-15-17-19-21-23-25-27-29-31-33-35-37-42-39-43(41-44(6-3)40-42)38-36-34-32-30-28-26-24-22-20-18-16-14-12-10-8-5-2/h39-41H,4-38H2,1-3H3/q+1. The predicted molar refractivity (Wildman–Crippen MR) is 199 cm³/mol. The Balaban J connectivity index is 1.97. The Morgan fingerprint density at radius 3 is 0.773 bits per heavy atom. The average molecular weight is 613 g/mol. The third-order valence-electron chi connectivity index (χ3n) is 10.0. The molecule has 0 spiro atoms. The Morgan fingerprint density at radius 2 is 0.545 bits per heavy atom. The van der Waals surface area contributed by atoms with Crippen molar-refractivity contribution in [1.29, 1.82) is 0 Å². The lowest BCUT2D eigenvalue weighted by Crippen LogP contribution is -2.32. The van der Waals surface area contributed by atoms with Gasteiger partial charge in [0, 0.05) is 11.1 Å². The minimum Gasteiger partial charge on any atom is -0.205 e. The highest BCUT2D eigenvalue weighted by Gasteiger charge is 2.07. The van der Waals surface area contributed by atoms with E-state index in [0.717, 1.165) is 6.54 Å². The van der Waals surface area contributed by atoms with Crippen LogP contribution in [-0.4, -0.2) is 0 Å². The van der Waals surface area contributed by atoms with Crippen LogP contribution in [0.15, 0.2) is 18.5 Å². The third kappa shape index (κ3) is 27.5. The maximum atomic E-state index is 2.53. The molecule has 44 heavy (non-hydrogen) atoms. The molecule has 0 radical (unpaired) electrons. The molecule has 0 bridgehead atoms. The molecule has 0 aliphatic carbocycles. The fourth-order valence-corrected chi connectivity index (χ4v) is 6.99. The van der Waals surface area contributed by atoms with Crippen LogP contribution in [-0.2, 0) is 19.4 Å². The van der Waals surface area contributed by atoms with Crippen LogP contribution in [0, 0.1) is 0 Å². The van der Waals surface area contributed by atoms with E-state index in [0.29, 0.717) is 0 Å². The van der Waals surface area contributed by atoms with Gasteiger partial charge in [0.05, 0.1) is 0 Å². The maximum Gasteiger partial charge on any atom is 0.171 e. The molecular weight excluding hydrogens is 530 g/mol. The first kappa shape index (κ1) is 41.2. The Kier molecular flexibility index (Phi) is 31.4. The van der Waals surface area contributed by atoms with Crippen LogP contribution >= 0.6 is 0 Å². The van der Waals surface area contributed by atoms with Gasteiger partial charge in [0.2, 0.25) is 0 Å². The first-order chi connectivity index (χ1) is 21.8. The van der Waals surface area contributed by atoms with Crippen LogP contribution in [0.1, 0.15) is 237 Å². The summed E-state index contributed by atoms with van der Waals surface area (Å²) in [6.07, 6.45) is 53.7. The van der Waals surface area contributed by atoms with Crippen molar-refractivity contribution in [2.45, 2.75) is 246 Å². The summed E-state index contributed by atoms with van der Waals surface area (Å²) in [6, 6.07) is 2.53. The molecule has 1 heteroatoms. The molecule has 0 aliphatic rings. The smallest absolute Gasteiger partial charge is 0.171 e. The fraction of sp³-hybridized carbons (Fsp3) is 0.884. The molecule has 258 valence electrons. The molecule has 1 nitrogen and oxygen atoms in total. The summed E-state index contributed by atoms with van der Waals surface area (Å²) in [7, 11) is 0. The van der Waals surface area contributed by atoms with Gasteiger partial charge < -0.3 is 0 Å². The predicted octanol–water partition coefficient (Wildman–Crippen LogP) is 14.6. The molecule has 0 aromatic carbocycles. The average Bonchev–Trinajstić information content (AvgIpc) is 3.04. The van der Waals surface area contributed by atoms with Crippen molar-refractivity contribution in [3.8, 4) is 0 Å². The van der Waals surface area contributed by atoms with Crippen LogP contribution in [0.2, 0.25) is 0 Å². The highest BCUT2D eigenvalue weighted by molar-refractivity contribution is 5.15. The minimum atomic E-state index is 1.10. The van der Waals surface area contributed by atoms with Gasteiger partial charge in [0.1, 0.15) is 6.54 Å². The van der Waals surface area contributed by atoms with Crippen LogP contribution in [0.5, 0.6) is 0 Å². The van der Waals surface area contributed by atoms with Crippen molar-refractivity contribution < 1.29 is 4.57 Å². The van der Waals surface area contributed by atoms with Gasteiger partial charge in [-0.15, -0.1) is 0 Å². The number of nitrogens with zero attached hydrogens (tertiary/aromatic N) is 1. The topological polar surface area (TPSA) is 3.88 Å². The lowest BCUT2D eigenvalue weighted by atomic mass is 10.0. The van der Waals surface area contributed by atoms with Crippen LogP contribution < -0.4 is 4.57 Å². The summed E-state index contributed by atoms with van der Waals surface area (Å²) in [5.41, 5.74) is 3.15. The Bertz CT molecular complexity index is 640. The van der Waals surface area contributed by atoms with Crippen molar-refractivity contribution in [3.05, 3.63) is 29.6 Å². The van der Waals surface area contributed by atoms with E-state index in [9.17, 15) is 0 Å². The summed E-state index contributed by atoms with van der Waals surface area (Å²) in [4.78, 5) is 0. The molecule has 0 atom stereocenters. The summed E-state index contributed by atoms with van der Waals surface area (Å²) >= 11 is 0. The highest BCUT2D eigenvalue weighted by atomic mass is 14.9. The quantitative estimate of drug-likeness (QED) is 0.0530. The van der Waals surface area contributed by atoms with Gasteiger partial charge >= 0.3 is 0 Å². The van der Waals surface area contributed by atoms with Crippen molar-refractivity contribution in [2.24, 2.45) is 0 Å². The number of rotatable bonds is 35. The number of hydrogen-bond donors (Lipinski definition) is 0. The molecule has 0 N–H and O–H groups in total. The van der Waals surface area contributed by atoms with Gasteiger partial charge in [0.15, 0.2) is 12.4 Å². The minimum absolute atomic E-state index is 1.10. The van der Waals surface area contributed by atoms with Crippen molar-refractivity contribution in [2.75, 3.05) is 0 Å². The zero-order valence-electron chi connectivity index (χ0n) is 30.9. The molecule has 1 aromatic heterocycles. The van der Waals surface area contributed by atoms with Crippen molar-refractivity contribution >= 4 is 0 Å². The van der Waals surface area contributed by atoms with Gasteiger partial charge in [-0.2, -0.15) is 0 Å². The maximum absolute atomic E-state index is 2.53. The number of hydrogen-bond acceptors (Lipinski definition) is 0. The summed E-state index contributed by atoms with van der Waals surface area (Å²) in [5, 5.41) is 0. The molecule has 0 amide bonds. The summed E-state index contributed by atoms with van der Waals surface area (Å²) < 4.78 is 2.43. The van der Waals surface area contributed by atoms with Gasteiger partial charge in [-0.1, -0.05) is 206 Å². The summed E-state index contributed by atoms with van der Waals surface area (Å²) in [5.74, 6) is 0. The van der Waals surface area contributed by atoms with Crippen LogP contribution in [0.25, 0.3) is 0 Å². The van der Waals surface area contributed by atoms with Crippen molar-refractivity contribution in [3.63, 3.8) is 0 Å². The van der Waals surface area contributed by atoms with Crippen LogP contribution in [0.4, 0.5) is 0 Å². The first-order valence-corrected chi connectivity index (χ1v) is 20.8. The second-order valence-corrected chi connectivity index (χ2v) is 14.5.